The summed E-state index contributed by atoms with van der Waals surface area (Å²) >= 11 is 0. The summed E-state index contributed by atoms with van der Waals surface area (Å²) in [6, 6.07) is 5.82. The molecule has 9 heteroatoms. The van der Waals surface area contributed by atoms with Gasteiger partial charge in [0.05, 0.1) is 0 Å². The standard InChI is InChI=1S/C18H21N7O2/c1-18(16(26)27)7-3-8-24(18)17-20-15(13-4-2-9-25(13)23-17)19-14-10-12(21-22-14)11-5-6-11/h2,4,9-11H,3,5-8H2,1H3,(H,26,27)(H2,19,20,21,22,23). The van der Waals surface area contributed by atoms with Crippen molar-refractivity contribution in [2.24, 2.45) is 0 Å². The summed E-state index contributed by atoms with van der Waals surface area (Å²) in [7, 11) is 0. The normalized spacial score (nSPS) is 22.5. The lowest BCUT2D eigenvalue weighted by atomic mass is 10.00. The monoisotopic (exact) mass is 367 g/mol. The number of carboxylic acid groups (broad SMARTS) is 1. The summed E-state index contributed by atoms with van der Waals surface area (Å²) in [6.45, 7) is 2.34. The van der Waals surface area contributed by atoms with E-state index in [2.05, 4.69) is 25.6 Å². The second kappa shape index (κ2) is 5.70. The van der Waals surface area contributed by atoms with E-state index in [1.807, 2.05) is 24.4 Å². The molecule has 3 N–H and O–H groups in total. The van der Waals surface area contributed by atoms with Gasteiger partial charge in [0.2, 0.25) is 5.95 Å². The van der Waals surface area contributed by atoms with Gasteiger partial charge in [0.25, 0.3) is 0 Å². The van der Waals surface area contributed by atoms with E-state index in [1.165, 1.54) is 12.8 Å². The number of hydrogen-bond acceptors (Lipinski definition) is 6. The average molecular weight is 367 g/mol. The second-order valence-corrected chi connectivity index (χ2v) is 7.54. The molecule has 0 aromatic carbocycles. The Labute approximate surface area is 155 Å². The van der Waals surface area contributed by atoms with Crippen molar-refractivity contribution in [2.45, 2.75) is 44.1 Å². The Morgan fingerprint density at radius 3 is 3.07 bits per heavy atom. The first-order valence-electron chi connectivity index (χ1n) is 9.23. The van der Waals surface area contributed by atoms with Crippen molar-refractivity contribution >= 4 is 29.1 Å². The molecule has 1 atom stereocenters. The van der Waals surface area contributed by atoms with E-state index in [4.69, 9.17) is 0 Å². The molecule has 4 heterocycles. The van der Waals surface area contributed by atoms with Crippen molar-refractivity contribution in [1.29, 1.82) is 0 Å². The summed E-state index contributed by atoms with van der Waals surface area (Å²) in [4.78, 5) is 18.3. The van der Waals surface area contributed by atoms with E-state index in [-0.39, 0.29) is 0 Å². The lowest BCUT2D eigenvalue weighted by Gasteiger charge is -2.31. The molecule has 5 rings (SSSR count). The Kier molecular flexibility index (Phi) is 3.40. The smallest absolute Gasteiger partial charge is 0.329 e. The van der Waals surface area contributed by atoms with Gasteiger partial charge in [-0.1, -0.05) is 0 Å². The van der Waals surface area contributed by atoms with Crippen LogP contribution < -0.4 is 10.2 Å². The number of aliphatic carboxylic acids is 1. The van der Waals surface area contributed by atoms with Crippen LogP contribution in [-0.4, -0.2) is 48.0 Å². The third kappa shape index (κ3) is 2.61. The molecule has 9 nitrogen and oxygen atoms in total. The van der Waals surface area contributed by atoms with Gasteiger partial charge in [0, 0.05) is 30.4 Å². The van der Waals surface area contributed by atoms with Crippen LogP contribution in [0.1, 0.15) is 44.2 Å². The van der Waals surface area contributed by atoms with Crippen molar-refractivity contribution in [2.75, 3.05) is 16.8 Å². The fourth-order valence-corrected chi connectivity index (χ4v) is 3.76. The Hall–Kier alpha value is -3.10. The lowest BCUT2D eigenvalue weighted by molar-refractivity contribution is -0.142. The van der Waals surface area contributed by atoms with Crippen LogP contribution in [0.2, 0.25) is 0 Å². The van der Waals surface area contributed by atoms with Crippen LogP contribution in [0.25, 0.3) is 5.52 Å². The van der Waals surface area contributed by atoms with Gasteiger partial charge in [-0.25, -0.2) is 9.31 Å². The summed E-state index contributed by atoms with van der Waals surface area (Å²) in [5, 5.41) is 24.9. The Bertz CT molecular complexity index is 1020. The molecule has 140 valence electrons. The van der Waals surface area contributed by atoms with E-state index in [9.17, 15) is 9.90 Å². The molecule has 2 fully saturated rings. The molecule has 1 aliphatic carbocycles. The maximum atomic E-state index is 11.8. The van der Waals surface area contributed by atoms with Gasteiger partial charge in [0.1, 0.15) is 11.1 Å². The number of rotatable bonds is 5. The van der Waals surface area contributed by atoms with Gasteiger partial charge in [-0.15, -0.1) is 5.10 Å². The molecule has 3 aromatic rings. The minimum absolute atomic E-state index is 0.404. The van der Waals surface area contributed by atoms with E-state index in [0.717, 1.165) is 17.6 Å². The molecule has 1 saturated heterocycles. The van der Waals surface area contributed by atoms with E-state index in [1.54, 1.807) is 16.3 Å². The number of hydrogen-bond donors (Lipinski definition) is 3. The average Bonchev–Trinajstić information content (AvgIpc) is 3.05. The second-order valence-electron chi connectivity index (χ2n) is 7.54. The number of H-pyrrole nitrogens is 1. The van der Waals surface area contributed by atoms with Crippen molar-refractivity contribution in [3.05, 3.63) is 30.1 Å². The number of carboxylic acids is 1. The molecule has 1 aliphatic heterocycles. The van der Waals surface area contributed by atoms with Crippen LogP contribution in [0.3, 0.4) is 0 Å². The van der Waals surface area contributed by atoms with Crippen molar-refractivity contribution in [3.63, 3.8) is 0 Å². The molecule has 27 heavy (non-hydrogen) atoms. The highest BCUT2D eigenvalue weighted by atomic mass is 16.4. The maximum absolute atomic E-state index is 11.8. The summed E-state index contributed by atoms with van der Waals surface area (Å²) in [6.07, 6.45) is 5.60. The van der Waals surface area contributed by atoms with E-state index >= 15 is 0 Å². The number of nitrogens with zero attached hydrogens (tertiary/aromatic N) is 5. The Balaban J connectivity index is 1.53. The third-order valence-corrected chi connectivity index (χ3v) is 5.58. The lowest BCUT2D eigenvalue weighted by Crippen LogP contribution is -2.49. The molecule has 0 radical (unpaired) electrons. The fourth-order valence-electron chi connectivity index (χ4n) is 3.76. The van der Waals surface area contributed by atoms with Crippen LogP contribution in [-0.2, 0) is 4.79 Å². The Morgan fingerprint density at radius 1 is 1.44 bits per heavy atom. The van der Waals surface area contributed by atoms with Gasteiger partial charge in [0.15, 0.2) is 11.6 Å². The maximum Gasteiger partial charge on any atom is 0.329 e. The van der Waals surface area contributed by atoms with Crippen LogP contribution in [0.4, 0.5) is 17.6 Å². The highest BCUT2D eigenvalue weighted by molar-refractivity contribution is 5.83. The molecule has 3 aromatic heterocycles. The molecular formula is C18H21N7O2. The van der Waals surface area contributed by atoms with Crippen LogP contribution in [0, 0.1) is 0 Å². The summed E-state index contributed by atoms with van der Waals surface area (Å²) < 4.78 is 1.72. The molecule has 0 bridgehead atoms. The SMILES string of the molecule is CC1(C(=O)O)CCCN1c1nc(Nc2cc(C3CC3)[nH]n2)c2cccn2n1. The number of aromatic amines is 1. The van der Waals surface area contributed by atoms with Gasteiger partial charge in [-0.2, -0.15) is 10.1 Å². The number of aromatic nitrogens is 5. The number of fused-ring (bicyclic) bond motifs is 1. The topological polar surface area (TPSA) is 111 Å². The quantitative estimate of drug-likeness (QED) is 0.635. The minimum Gasteiger partial charge on any atom is -0.480 e. The zero-order valence-corrected chi connectivity index (χ0v) is 15.0. The van der Waals surface area contributed by atoms with Gasteiger partial charge in [-0.05, 0) is 44.7 Å². The molecule has 2 aliphatic rings. The number of carbonyl (C=O) groups is 1. The predicted octanol–water partition coefficient (Wildman–Crippen LogP) is 2.52. The van der Waals surface area contributed by atoms with E-state index in [0.29, 0.717) is 36.5 Å². The van der Waals surface area contributed by atoms with Gasteiger partial charge >= 0.3 is 5.97 Å². The summed E-state index contributed by atoms with van der Waals surface area (Å²) in [5.41, 5.74) is 0.950. The predicted molar refractivity (Wildman–Crippen MR) is 99.5 cm³/mol. The largest absolute Gasteiger partial charge is 0.480 e. The molecule has 1 unspecified atom stereocenters. The molecular weight excluding hydrogens is 346 g/mol. The fraction of sp³-hybridized carbons (Fsp3) is 0.444. The van der Waals surface area contributed by atoms with Crippen LogP contribution >= 0.6 is 0 Å². The van der Waals surface area contributed by atoms with Crippen LogP contribution in [0.5, 0.6) is 0 Å². The molecule has 0 spiro atoms. The van der Waals surface area contributed by atoms with Crippen molar-refractivity contribution in [3.8, 4) is 0 Å². The zero-order chi connectivity index (χ0) is 18.6. The molecule has 1 saturated carbocycles. The first-order chi connectivity index (χ1) is 13.0. The third-order valence-electron chi connectivity index (χ3n) is 5.58. The Morgan fingerprint density at radius 2 is 2.30 bits per heavy atom. The first-order valence-corrected chi connectivity index (χ1v) is 9.23. The number of anilines is 3. The summed E-state index contributed by atoms with van der Waals surface area (Å²) in [5.74, 6) is 1.45. The minimum atomic E-state index is -0.996. The first kappa shape index (κ1) is 16.1. The highest BCUT2D eigenvalue weighted by Crippen LogP contribution is 2.40. The highest BCUT2D eigenvalue weighted by Gasteiger charge is 2.45. The van der Waals surface area contributed by atoms with Gasteiger partial charge in [-0.3, -0.25) is 5.10 Å². The van der Waals surface area contributed by atoms with Crippen molar-refractivity contribution < 1.29 is 9.90 Å². The molecule has 0 amide bonds. The van der Waals surface area contributed by atoms with Gasteiger partial charge < -0.3 is 15.3 Å². The van der Waals surface area contributed by atoms with E-state index < -0.39 is 11.5 Å². The van der Waals surface area contributed by atoms with Crippen LogP contribution in [0.15, 0.2) is 24.4 Å². The van der Waals surface area contributed by atoms with Crippen molar-refractivity contribution in [1.82, 2.24) is 24.8 Å². The number of nitrogens with one attached hydrogen (secondary N) is 2. The zero-order valence-electron chi connectivity index (χ0n) is 15.0.